The highest BCUT2D eigenvalue weighted by Crippen LogP contribution is 2.04. The van der Waals surface area contributed by atoms with Gasteiger partial charge < -0.3 is 14.8 Å². The molecule has 1 N–H and O–H groups in total. The van der Waals surface area contributed by atoms with Gasteiger partial charge in [-0.05, 0) is 24.5 Å². The van der Waals surface area contributed by atoms with Gasteiger partial charge in [0, 0.05) is 38.9 Å². The molecule has 0 saturated carbocycles. The first-order chi connectivity index (χ1) is 9.59. The molecule has 1 aromatic rings. The van der Waals surface area contributed by atoms with Gasteiger partial charge in [0.2, 0.25) is 0 Å². The van der Waals surface area contributed by atoms with Crippen molar-refractivity contribution in [3.8, 4) is 0 Å². The first-order valence-corrected chi connectivity index (χ1v) is 7.29. The highest BCUT2D eigenvalue weighted by atomic mass is 16.2. The molecule has 0 spiro atoms. The summed E-state index contributed by atoms with van der Waals surface area (Å²) in [5, 5.41) is 3.20. The second-order valence-electron chi connectivity index (χ2n) is 5.65. The number of hydrogen-bond donors (Lipinski definition) is 1. The lowest BCUT2D eigenvalue weighted by Gasteiger charge is -2.27. The number of aromatic nitrogens is 1. The Kier molecular flexibility index (Phi) is 4.95. The molecule has 2 heterocycles. The van der Waals surface area contributed by atoms with Crippen molar-refractivity contribution >= 4 is 5.91 Å². The molecule has 1 saturated heterocycles. The second-order valence-corrected chi connectivity index (χ2v) is 5.65. The zero-order chi connectivity index (χ0) is 14.5. The smallest absolute Gasteiger partial charge is 0.263 e. The molecule has 0 bridgehead atoms. The molecular formula is C15H23N3O2. The summed E-state index contributed by atoms with van der Waals surface area (Å²) >= 11 is 0. The topological polar surface area (TPSA) is 54.3 Å². The minimum Gasteiger partial charge on any atom is -0.336 e. The van der Waals surface area contributed by atoms with Crippen molar-refractivity contribution in [3.05, 3.63) is 34.2 Å². The monoisotopic (exact) mass is 277 g/mol. The van der Waals surface area contributed by atoms with Crippen molar-refractivity contribution in [3.63, 3.8) is 0 Å². The van der Waals surface area contributed by atoms with E-state index in [4.69, 9.17) is 0 Å². The van der Waals surface area contributed by atoms with E-state index < -0.39 is 0 Å². The lowest BCUT2D eigenvalue weighted by atomic mass is 10.1. The van der Waals surface area contributed by atoms with Crippen LogP contribution >= 0.6 is 0 Å². The molecule has 5 nitrogen and oxygen atoms in total. The van der Waals surface area contributed by atoms with Crippen LogP contribution in [0.15, 0.2) is 23.1 Å². The molecular weight excluding hydrogens is 254 g/mol. The average Bonchev–Trinajstić information content (AvgIpc) is 2.46. The number of amides is 1. The molecule has 1 amide bonds. The number of nitrogens with zero attached hydrogens (tertiary/aromatic N) is 2. The van der Waals surface area contributed by atoms with Gasteiger partial charge in [0.25, 0.3) is 11.5 Å². The fraction of sp³-hybridized carbons (Fsp3) is 0.600. The van der Waals surface area contributed by atoms with Gasteiger partial charge in [-0.3, -0.25) is 9.59 Å². The van der Waals surface area contributed by atoms with Crippen molar-refractivity contribution in [2.45, 2.75) is 26.8 Å². The fourth-order valence-electron chi connectivity index (χ4n) is 2.31. The maximum Gasteiger partial charge on any atom is 0.263 e. The molecule has 2 rings (SSSR count). The van der Waals surface area contributed by atoms with Gasteiger partial charge in [0.15, 0.2) is 0 Å². The van der Waals surface area contributed by atoms with Crippen LogP contribution in [0, 0.1) is 5.92 Å². The number of carbonyl (C=O) groups is 1. The number of hydrogen-bond acceptors (Lipinski definition) is 3. The summed E-state index contributed by atoms with van der Waals surface area (Å²) < 4.78 is 1.65. The molecule has 0 radical (unpaired) electrons. The van der Waals surface area contributed by atoms with E-state index in [1.807, 2.05) is 0 Å². The van der Waals surface area contributed by atoms with Gasteiger partial charge in [-0.15, -0.1) is 0 Å². The van der Waals surface area contributed by atoms with Crippen molar-refractivity contribution in [2.75, 3.05) is 26.2 Å². The minimum absolute atomic E-state index is 0.143. The van der Waals surface area contributed by atoms with Crippen LogP contribution in [-0.2, 0) is 6.54 Å². The third kappa shape index (κ3) is 3.48. The van der Waals surface area contributed by atoms with E-state index in [2.05, 4.69) is 19.2 Å². The maximum absolute atomic E-state index is 12.4. The fourth-order valence-corrected chi connectivity index (χ4v) is 2.31. The van der Waals surface area contributed by atoms with Crippen LogP contribution in [0.1, 0.15) is 30.6 Å². The van der Waals surface area contributed by atoms with E-state index in [9.17, 15) is 9.59 Å². The first-order valence-electron chi connectivity index (χ1n) is 7.29. The van der Waals surface area contributed by atoms with Gasteiger partial charge in [-0.1, -0.05) is 13.8 Å². The Morgan fingerprint density at radius 1 is 1.35 bits per heavy atom. The van der Waals surface area contributed by atoms with Gasteiger partial charge >= 0.3 is 0 Å². The summed E-state index contributed by atoms with van der Waals surface area (Å²) in [5.41, 5.74) is 0.120. The Morgan fingerprint density at radius 3 is 2.70 bits per heavy atom. The van der Waals surface area contributed by atoms with Gasteiger partial charge in [-0.25, -0.2) is 0 Å². The first kappa shape index (κ1) is 14.8. The Balaban J connectivity index is 2.17. The van der Waals surface area contributed by atoms with Crippen molar-refractivity contribution in [2.24, 2.45) is 5.92 Å². The summed E-state index contributed by atoms with van der Waals surface area (Å²) in [7, 11) is 0. The molecule has 1 aliphatic heterocycles. The number of piperazine rings is 1. The number of rotatable bonds is 4. The molecule has 1 fully saturated rings. The zero-order valence-corrected chi connectivity index (χ0v) is 12.3. The predicted molar refractivity (Wildman–Crippen MR) is 78.9 cm³/mol. The molecule has 0 unspecified atom stereocenters. The molecule has 5 heteroatoms. The molecule has 1 aromatic heterocycles. The van der Waals surface area contributed by atoms with Crippen LogP contribution in [0.4, 0.5) is 0 Å². The summed E-state index contributed by atoms with van der Waals surface area (Å²) in [5.74, 6) is 0.393. The van der Waals surface area contributed by atoms with Crippen LogP contribution in [-0.4, -0.2) is 41.6 Å². The number of carbonyl (C=O) groups excluding carboxylic acids is 1. The minimum atomic E-state index is -0.170. The van der Waals surface area contributed by atoms with E-state index in [0.29, 0.717) is 25.6 Å². The largest absolute Gasteiger partial charge is 0.336 e. The quantitative estimate of drug-likeness (QED) is 0.891. The molecule has 1 aliphatic rings. The maximum atomic E-state index is 12.4. The third-order valence-corrected chi connectivity index (χ3v) is 3.60. The lowest BCUT2D eigenvalue weighted by Crippen LogP contribution is -2.47. The van der Waals surface area contributed by atoms with Crippen molar-refractivity contribution < 1.29 is 4.79 Å². The van der Waals surface area contributed by atoms with Crippen LogP contribution in [0.5, 0.6) is 0 Å². The van der Waals surface area contributed by atoms with Gasteiger partial charge in [0.1, 0.15) is 5.56 Å². The predicted octanol–water partition coefficient (Wildman–Crippen LogP) is 0.940. The standard InChI is InChI=1S/C15H23N3O2/c1-12(2)5-9-17-8-3-4-13(14(17)19)15(20)18-10-6-16-7-11-18/h3-4,8,12,16H,5-7,9-11H2,1-2H3. The van der Waals surface area contributed by atoms with Crippen molar-refractivity contribution in [1.82, 2.24) is 14.8 Å². The van der Waals surface area contributed by atoms with E-state index in [1.54, 1.807) is 27.8 Å². The van der Waals surface area contributed by atoms with Crippen LogP contribution in [0.25, 0.3) is 0 Å². The lowest BCUT2D eigenvalue weighted by molar-refractivity contribution is 0.0733. The van der Waals surface area contributed by atoms with E-state index >= 15 is 0 Å². The van der Waals surface area contributed by atoms with E-state index in [0.717, 1.165) is 19.5 Å². The Bertz CT molecular complexity index is 516. The highest BCUT2D eigenvalue weighted by Gasteiger charge is 2.20. The molecule has 0 atom stereocenters. The number of aryl methyl sites for hydroxylation is 1. The Labute approximate surface area is 119 Å². The summed E-state index contributed by atoms with van der Waals surface area (Å²) in [6.45, 7) is 7.83. The normalized spacial score (nSPS) is 15.7. The molecule has 0 aliphatic carbocycles. The summed E-state index contributed by atoms with van der Waals surface area (Å²) in [6.07, 6.45) is 2.70. The Hall–Kier alpha value is -1.62. The van der Waals surface area contributed by atoms with Crippen LogP contribution in [0.3, 0.4) is 0 Å². The third-order valence-electron chi connectivity index (χ3n) is 3.60. The van der Waals surface area contributed by atoms with E-state index in [-0.39, 0.29) is 17.0 Å². The van der Waals surface area contributed by atoms with Crippen molar-refractivity contribution in [1.29, 1.82) is 0 Å². The highest BCUT2D eigenvalue weighted by molar-refractivity contribution is 5.93. The molecule has 0 aromatic carbocycles. The zero-order valence-electron chi connectivity index (χ0n) is 12.3. The molecule has 20 heavy (non-hydrogen) atoms. The molecule has 110 valence electrons. The Morgan fingerprint density at radius 2 is 2.05 bits per heavy atom. The number of nitrogens with one attached hydrogen (secondary N) is 1. The van der Waals surface area contributed by atoms with E-state index in [1.165, 1.54) is 0 Å². The summed E-state index contributed by atoms with van der Waals surface area (Å²) in [6, 6.07) is 3.43. The second kappa shape index (κ2) is 6.70. The average molecular weight is 277 g/mol. The summed E-state index contributed by atoms with van der Waals surface area (Å²) in [4.78, 5) is 26.5. The SMILES string of the molecule is CC(C)CCn1cccc(C(=O)N2CCNCC2)c1=O. The van der Waals surface area contributed by atoms with Gasteiger partial charge in [-0.2, -0.15) is 0 Å². The van der Waals surface area contributed by atoms with Gasteiger partial charge in [0.05, 0.1) is 0 Å². The number of pyridine rings is 1. The van der Waals surface area contributed by atoms with Crippen LogP contribution in [0.2, 0.25) is 0 Å². The van der Waals surface area contributed by atoms with Crippen LogP contribution < -0.4 is 10.9 Å².